The van der Waals surface area contributed by atoms with Crippen LogP contribution >= 0.6 is 11.6 Å². The number of halogens is 3. The molecule has 7 aromatic rings. The van der Waals surface area contributed by atoms with Crippen LogP contribution in [0.25, 0.3) is 0 Å². The highest BCUT2D eigenvalue weighted by Crippen LogP contribution is 2.32. The fourth-order valence-electron chi connectivity index (χ4n) is 8.11. The maximum Gasteiger partial charge on any atom is 0.387 e. The monoisotopic (exact) mass is 1360 g/mol. The van der Waals surface area contributed by atoms with Gasteiger partial charge in [0.1, 0.15) is 57.5 Å². The average molecular weight is 1370 g/mol. The van der Waals surface area contributed by atoms with Crippen molar-refractivity contribution in [1.82, 2.24) is 0 Å². The summed E-state index contributed by atoms with van der Waals surface area (Å²) in [5.74, 6) is 8.69. The van der Waals surface area contributed by atoms with E-state index in [1.165, 1.54) is 44.9 Å². The van der Waals surface area contributed by atoms with Crippen LogP contribution in [0.2, 0.25) is 5.02 Å². The summed E-state index contributed by atoms with van der Waals surface area (Å²) in [6, 6.07) is 51.6. The second kappa shape index (κ2) is 46.0. The fourth-order valence-corrected chi connectivity index (χ4v) is 8.30. The molecule has 7 aromatic carbocycles. The maximum atomic E-state index is 11.9. The van der Waals surface area contributed by atoms with Crippen LogP contribution in [0.1, 0.15) is 176 Å². The number of carbonyl (C=O) groups is 2. The minimum Gasteiger partial charge on any atom is -0.493 e. The zero-order valence-electron chi connectivity index (χ0n) is 60.3. The molecule has 0 aromatic heterocycles. The molecule has 532 valence electrons. The number of hydrogen-bond acceptors (Lipinski definition) is 14. The fraction of sp³-hybridized carbons (Fsp3) is 0.450. The molecular formula is C80H107ClF2O14. The van der Waals surface area contributed by atoms with Crippen LogP contribution in [0.15, 0.2) is 170 Å². The summed E-state index contributed by atoms with van der Waals surface area (Å²) in [4.78, 5) is 22.6. The van der Waals surface area contributed by atoms with Crippen molar-refractivity contribution in [3.8, 4) is 57.5 Å². The average Bonchev–Trinajstić information content (AvgIpc) is 1.79. The zero-order valence-corrected chi connectivity index (χ0v) is 61.1. The smallest absolute Gasteiger partial charge is 0.387 e. The molecule has 0 N–H and O–H groups in total. The van der Waals surface area contributed by atoms with E-state index in [0.717, 1.165) is 70.7 Å². The van der Waals surface area contributed by atoms with Crippen LogP contribution in [0.4, 0.5) is 8.78 Å². The highest BCUT2D eigenvalue weighted by molar-refractivity contribution is 6.30. The van der Waals surface area contributed by atoms with Crippen molar-refractivity contribution in [2.75, 3.05) is 26.9 Å². The van der Waals surface area contributed by atoms with Crippen molar-refractivity contribution < 1.29 is 75.2 Å². The molecular weight excluding hydrogens is 1260 g/mol. The van der Waals surface area contributed by atoms with Crippen LogP contribution in [-0.2, 0) is 9.47 Å². The van der Waals surface area contributed by atoms with Gasteiger partial charge in [-0.1, -0.05) is 87.8 Å². The van der Waals surface area contributed by atoms with Crippen LogP contribution in [0.5, 0.6) is 57.5 Å². The Hall–Kier alpha value is -8.37. The summed E-state index contributed by atoms with van der Waals surface area (Å²) < 4.78 is 87.3. The molecule has 14 nitrogen and oxygen atoms in total. The quantitative estimate of drug-likeness (QED) is 0.0474. The lowest BCUT2D eigenvalue weighted by Gasteiger charge is -2.12. The largest absolute Gasteiger partial charge is 0.493 e. The van der Waals surface area contributed by atoms with E-state index in [4.69, 9.17) is 59.0 Å². The SMILES string of the molecule is CC(C)COc1cccc(OC(C)C)c1.CC(C)Oc1cccc(Cl)c1.CC(C)Oc1cccc(OC(F)F)c1.CC(C)Oc1cccc(OC2CC2)c1.CC(C)Oc1cccc(OCC2CC2)c1.CCOC(=O)c1ccccc1C(C)C.COC(=O)c1ccc(OC(C)C)cc1. The molecule has 2 fully saturated rings. The first-order valence-electron chi connectivity index (χ1n) is 33.6. The Morgan fingerprint density at radius 3 is 1.23 bits per heavy atom. The highest BCUT2D eigenvalue weighted by atomic mass is 35.5. The summed E-state index contributed by atoms with van der Waals surface area (Å²) >= 11 is 5.75. The Morgan fingerprint density at radius 2 is 0.825 bits per heavy atom. The van der Waals surface area contributed by atoms with Crippen molar-refractivity contribution in [3.05, 3.63) is 192 Å². The first-order chi connectivity index (χ1) is 46.1. The number of esters is 2. The van der Waals surface area contributed by atoms with E-state index >= 15 is 0 Å². The van der Waals surface area contributed by atoms with Crippen LogP contribution in [0.3, 0.4) is 0 Å². The lowest BCUT2D eigenvalue weighted by atomic mass is 9.97. The molecule has 17 heteroatoms. The molecule has 2 aliphatic carbocycles. The topological polar surface area (TPSA) is 145 Å². The minimum atomic E-state index is -2.80. The predicted molar refractivity (Wildman–Crippen MR) is 385 cm³/mol. The van der Waals surface area contributed by atoms with E-state index < -0.39 is 6.61 Å². The molecule has 0 spiro atoms. The lowest BCUT2D eigenvalue weighted by molar-refractivity contribution is -0.0499. The number of methoxy groups -OCH3 is 1. The van der Waals surface area contributed by atoms with Gasteiger partial charge in [0.15, 0.2) is 0 Å². The minimum absolute atomic E-state index is 0.0109. The Bertz CT molecular complexity index is 3110. The van der Waals surface area contributed by atoms with E-state index in [1.807, 2.05) is 211 Å². The third-order valence-corrected chi connectivity index (χ3v) is 12.7. The van der Waals surface area contributed by atoms with Crippen molar-refractivity contribution in [2.24, 2.45) is 11.8 Å². The first-order valence-corrected chi connectivity index (χ1v) is 34.0. The standard InChI is InChI=1S/C13H18O2.C13H20O2.2C12H16O2.C11H14O3.C10H12F2O2.C9H11ClO/c1-10(2)15-13-5-3-4-12(8-13)14-9-11-6-7-11;1-10(2)9-14-12-6-5-7-13(8-12)15-11(3)4;1-9(2)13-11-4-3-5-12(8-11)14-10-6-7-10;1-4-14-12(13)11-8-6-5-7-10(11)9(2)3;1-8(2)14-10-6-4-9(5-7-10)11(12)13-3;1-7(2)13-8-4-3-5-9(6-8)14-10(11)12;1-7(2)11-9-5-3-4-8(10)6-9/h3-5,8,10-11H,6-7,9H2,1-2H3;5-8,10-11H,9H2,1-4H3;3-5,8-10H,6-7H2,1-2H3;5-9H,4H2,1-3H3;4-8H,1-3H3;3-7,10H,1-2H3;3-7H,1-2H3. The van der Waals surface area contributed by atoms with Crippen molar-refractivity contribution in [1.29, 1.82) is 0 Å². The van der Waals surface area contributed by atoms with Gasteiger partial charge in [0.05, 0.1) is 80.8 Å². The number of benzene rings is 7. The zero-order chi connectivity index (χ0) is 71.8. The van der Waals surface area contributed by atoms with Gasteiger partial charge in [0.2, 0.25) is 0 Å². The summed E-state index contributed by atoms with van der Waals surface area (Å²) in [6.07, 6.45) is 6.45. The van der Waals surface area contributed by atoms with Gasteiger partial charge in [0.25, 0.3) is 0 Å². The number of alkyl halides is 2. The molecule has 0 unspecified atom stereocenters. The third kappa shape index (κ3) is 39.4. The molecule has 0 aliphatic heterocycles. The molecule has 0 amide bonds. The summed E-state index contributed by atoms with van der Waals surface area (Å²) in [5.41, 5.74) is 2.26. The molecule has 2 saturated carbocycles. The Morgan fingerprint density at radius 1 is 0.433 bits per heavy atom. The van der Waals surface area contributed by atoms with E-state index in [1.54, 1.807) is 36.4 Å². The van der Waals surface area contributed by atoms with Crippen LogP contribution in [-0.4, -0.2) is 88.2 Å². The van der Waals surface area contributed by atoms with Gasteiger partial charge in [0, 0.05) is 29.3 Å². The highest BCUT2D eigenvalue weighted by Gasteiger charge is 2.24. The van der Waals surface area contributed by atoms with Gasteiger partial charge in [-0.05, 0) is 236 Å². The molecule has 2 aliphatic rings. The maximum absolute atomic E-state index is 11.9. The van der Waals surface area contributed by atoms with Gasteiger partial charge in [-0.25, -0.2) is 9.59 Å². The number of hydrogen-bond donors (Lipinski definition) is 0. The van der Waals surface area contributed by atoms with E-state index in [-0.39, 0.29) is 54.3 Å². The molecule has 0 heterocycles. The second-order valence-electron chi connectivity index (χ2n) is 25.0. The van der Waals surface area contributed by atoms with Gasteiger partial charge >= 0.3 is 18.6 Å². The van der Waals surface area contributed by atoms with Crippen molar-refractivity contribution in [3.63, 3.8) is 0 Å². The third-order valence-electron chi connectivity index (χ3n) is 12.4. The van der Waals surface area contributed by atoms with Gasteiger partial charge < -0.3 is 56.8 Å². The number of rotatable bonds is 26. The van der Waals surface area contributed by atoms with E-state index in [9.17, 15) is 18.4 Å². The second-order valence-corrected chi connectivity index (χ2v) is 25.4. The Labute approximate surface area is 582 Å². The molecule has 0 radical (unpaired) electrons. The van der Waals surface area contributed by atoms with Crippen LogP contribution < -0.4 is 47.4 Å². The first kappa shape index (κ1) is 82.9. The Balaban J connectivity index is 0.000000295. The van der Waals surface area contributed by atoms with Crippen LogP contribution in [0, 0.1) is 11.8 Å². The van der Waals surface area contributed by atoms with Crippen molar-refractivity contribution in [2.45, 2.75) is 199 Å². The van der Waals surface area contributed by atoms with E-state index in [0.29, 0.717) is 46.4 Å². The Kier molecular flexibility index (Phi) is 39.3. The molecule has 0 bridgehead atoms. The lowest BCUT2D eigenvalue weighted by Crippen LogP contribution is -2.08. The molecule has 97 heavy (non-hydrogen) atoms. The summed E-state index contributed by atoms with van der Waals surface area (Å²) in [5, 5.41) is 0.711. The number of carbonyl (C=O) groups excluding carboxylic acids is 2. The van der Waals surface area contributed by atoms with Gasteiger partial charge in [-0.15, -0.1) is 0 Å². The summed E-state index contributed by atoms with van der Waals surface area (Å²) in [6.45, 7) is 33.2. The normalized spacial score (nSPS) is 11.9. The number of ether oxygens (including phenoxy) is 12. The van der Waals surface area contributed by atoms with Gasteiger partial charge in [-0.2, -0.15) is 8.78 Å². The molecule has 0 saturated heterocycles. The molecule has 9 rings (SSSR count). The summed E-state index contributed by atoms with van der Waals surface area (Å²) in [7, 11) is 1.36. The predicted octanol–water partition coefficient (Wildman–Crippen LogP) is 21.2. The van der Waals surface area contributed by atoms with Gasteiger partial charge in [-0.3, -0.25) is 0 Å². The van der Waals surface area contributed by atoms with E-state index in [2.05, 4.69) is 37.2 Å². The van der Waals surface area contributed by atoms with Crippen molar-refractivity contribution >= 4 is 23.5 Å². The molecule has 0 atom stereocenters.